The number of hydrogen-bond donors (Lipinski definition) is 1. The molecule has 1 aromatic rings. The summed E-state index contributed by atoms with van der Waals surface area (Å²) in [5.74, 6) is 0.753. The summed E-state index contributed by atoms with van der Waals surface area (Å²) in [5, 5.41) is 0. The zero-order valence-corrected chi connectivity index (χ0v) is 8.94. The van der Waals surface area contributed by atoms with Crippen LogP contribution in [0.4, 0.5) is 5.69 Å². The Kier molecular flexibility index (Phi) is 2.62. The van der Waals surface area contributed by atoms with E-state index >= 15 is 0 Å². The molecule has 1 fully saturated rings. The molecule has 2 N–H and O–H groups in total. The van der Waals surface area contributed by atoms with Crippen LogP contribution in [0, 0.1) is 0 Å². The van der Waals surface area contributed by atoms with Crippen LogP contribution < -0.4 is 5.73 Å². The van der Waals surface area contributed by atoms with E-state index in [0.29, 0.717) is 12.3 Å². The first-order valence-corrected chi connectivity index (χ1v) is 5.34. The van der Waals surface area contributed by atoms with Gasteiger partial charge in [0.15, 0.2) is 0 Å². The quantitative estimate of drug-likeness (QED) is 0.744. The molecule has 0 atom stereocenters. The first-order valence-electron chi connectivity index (χ1n) is 5.34. The van der Waals surface area contributed by atoms with Gasteiger partial charge in [-0.15, -0.1) is 0 Å². The second-order valence-corrected chi connectivity index (χ2v) is 4.02. The maximum Gasteiger partial charge on any atom is 0.222 e. The Labute approximate surface area is 89.9 Å². The molecular formula is C12H16N2O. The average molecular weight is 204 g/mol. The number of nitrogens with zero attached hydrogens (tertiary/aromatic N) is 1. The molecule has 1 aliphatic heterocycles. The van der Waals surface area contributed by atoms with E-state index in [9.17, 15) is 4.79 Å². The van der Waals surface area contributed by atoms with Gasteiger partial charge in [-0.2, -0.15) is 0 Å². The molecule has 1 amide bonds. The summed E-state index contributed by atoms with van der Waals surface area (Å²) < 4.78 is 0. The van der Waals surface area contributed by atoms with Crippen molar-refractivity contribution in [3.05, 3.63) is 29.8 Å². The number of hydrogen-bond acceptors (Lipinski definition) is 2. The second kappa shape index (κ2) is 3.93. The molecule has 1 heterocycles. The van der Waals surface area contributed by atoms with Crippen LogP contribution in [-0.4, -0.2) is 23.9 Å². The Morgan fingerprint density at radius 2 is 2.00 bits per heavy atom. The number of nitrogen functional groups attached to an aromatic ring is 1. The Balaban J connectivity index is 1.94. The normalized spacial score (nSPS) is 16.2. The molecule has 1 aliphatic rings. The van der Waals surface area contributed by atoms with E-state index in [4.69, 9.17) is 5.73 Å². The van der Waals surface area contributed by atoms with Gasteiger partial charge in [-0.3, -0.25) is 4.79 Å². The van der Waals surface area contributed by atoms with E-state index in [1.165, 1.54) is 5.56 Å². The molecule has 0 bridgehead atoms. The lowest BCUT2D eigenvalue weighted by atomic mass is 9.91. The van der Waals surface area contributed by atoms with Crippen molar-refractivity contribution in [1.82, 2.24) is 4.90 Å². The van der Waals surface area contributed by atoms with Crippen LogP contribution in [0.1, 0.15) is 24.8 Å². The van der Waals surface area contributed by atoms with Crippen molar-refractivity contribution in [2.45, 2.75) is 19.3 Å². The summed E-state index contributed by atoms with van der Waals surface area (Å²) >= 11 is 0. The first kappa shape index (κ1) is 10.0. The molecule has 0 saturated carbocycles. The molecule has 0 aliphatic carbocycles. The van der Waals surface area contributed by atoms with Crippen molar-refractivity contribution in [3.63, 3.8) is 0 Å². The maximum atomic E-state index is 11.3. The third-order valence-corrected chi connectivity index (χ3v) is 2.94. The van der Waals surface area contributed by atoms with Gasteiger partial charge in [-0.25, -0.2) is 0 Å². The summed E-state index contributed by atoms with van der Waals surface area (Å²) in [4.78, 5) is 13.2. The Morgan fingerprint density at radius 3 is 2.53 bits per heavy atom. The number of carbonyl (C=O) groups is 1. The van der Waals surface area contributed by atoms with E-state index in [1.807, 2.05) is 36.1 Å². The standard InChI is InChI=1S/C12H16N2O/c1-2-12(15)14-7-10(8-14)9-3-5-11(13)6-4-9/h3-6,10H,2,7-8,13H2,1H3. The van der Waals surface area contributed by atoms with Crippen molar-refractivity contribution >= 4 is 11.6 Å². The largest absolute Gasteiger partial charge is 0.399 e. The highest BCUT2D eigenvalue weighted by atomic mass is 16.2. The highest BCUT2D eigenvalue weighted by Gasteiger charge is 2.30. The molecule has 1 saturated heterocycles. The van der Waals surface area contributed by atoms with Gasteiger partial charge in [0.2, 0.25) is 5.91 Å². The summed E-state index contributed by atoms with van der Waals surface area (Å²) in [7, 11) is 0. The molecule has 3 heteroatoms. The van der Waals surface area contributed by atoms with Gasteiger partial charge in [0.25, 0.3) is 0 Å². The molecule has 80 valence electrons. The van der Waals surface area contributed by atoms with Crippen molar-refractivity contribution < 1.29 is 4.79 Å². The third-order valence-electron chi connectivity index (χ3n) is 2.94. The van der Waals surface area contributed by atoms with Gasteiger partial charge in [0.05, 0.1) is 0 Å². The van der Waals surface area contributed by atoms with Crippen LogP contribution in [0.25, 0.3) is 0 Å². The lowest BCUT2D eigenvalue weighted by Crippen LogP contribution is -2.48. The Hall–Kier alpha value is -1.51. The van der Waals surface area contributed by atoms with Crippen LogP contribution in [-0.2, 0) is 4.79 Å². The summed E-state index contributed by atoms with van der Waals surface area (Å²) in [6.45, 7) is 3.62. The SMILES string of the molecule is CCC(=O)N1CC(c2ccc(N)cc2)C1. The maximum absolute atomic E-state index is 11.3. The summed E-state index contributed by atoms with van der Waals surface area (Å²) in [5.41, 5.74) is 7.69. The number of carbonyl (C=O) groups excluding carboxylic acids is 1. The fourth-order valence-electron chi connectivity index (χ4n) is 1.88. The predicted octanol–water partition coefficient (Wildman–Crippen LogP) is 1.60. The zero-order chi connectivity index (χ0) is 10.8. The molecule has 1 aromatic carbocycles. The molecule has 0 unspecified atom stereocenters. The second-order valence-electron chi connectivity index (χ2n) is 4.02. The Bertz CT molecular complexity index is 352. The summed E-state index contributed by atoms with van der Waals surface area (Å²) in [6.07, 6.45) is 0.606. The molecule has 0 aromatic heterocycles. The van der Waals surface area contributed by atoms with Crippen LogP contribution in [0.5, 0.6) is 0 Å². The third kappa shape index (κ3) is 1.96. The fraction of sp³-hybridized carbons (Fsp3) is 0.417. The van der Waals surface area contributed by atoms with E-state index in [2.05, 4.69) is 0 Å². The first-order chi connectivity index (χ1) is 7.20. The molecule has 15 heavy (non-hydrogen) atoms. The number of nitrogens with two attached hydrogens (primary N) is 1. The van der Waals surface area contributed by atoms with Crippen LogP contribution in [0.2, 0.25) is 0 Å². The lowest BCUT2D eigenvalue weighted by molar-refractivity contribution is -0.135. The Morgan fingerprint density at radius 1 is 1.40 bits per heavy atom. The predicted molar refractivity (Wildman–Crippen MR) is 60.5 cm³/mol. The molecule has 2 rings (SSSR count). The molecule has 0 spiro atoms. The number of likely N-dealkylation sites (tertiary alicyclic amines) is 1. The van der Waals surface area contributed by atoms with Gasteiger partial charge >= 0.3 is 0 Å². The van der Waals surface area contributed by atoms with Crippen LogP contribution in [0.15, 0.2) is 24.3 Å². The van der Waals surface area contributed by atoms with Crippen molar-refractivity contribution in [2.75, 3.05) is 18.8 Å². The zero-order valence-electron chi connectivity index (χ0n) is 8.94. The number of amides is 1. The average Bonchev–Trinajstić information content (AvgIpc) is 2.18. The van der Waals surface area contributed by atoms with E-state index < -0.39 is 0 Å². The minimum absolute atomic E-state index is 0.252. The smallest absolute Gasteiger partial charge is 0.222 e. The summed E-state index contributed by atoms with van der Waals surface area (Å²) in [6, 6.07) is 7.93. The monoisotopic (exact) mass is 204 g/mol. The number of benzene rings is 1. The number of anilines is 1. The van der Waals surface area contributed by atoms with Crippen LogP contribution >= 0.6 is 0 Å². The molecular weight excluding hydrogens is 188 g/mol. The van der Waals surface area contributed by atoms with E-state index in [0.717, 1.165) is 18.8 Å². The minimum atomic E-state index is 0.252. The van der Waals surface area contributed by atoms with Gasteiger partial charge < -0.3 is 10.6 Å². The lowest BCUT2D eigenvalue weighted by Gasteiger charge is -2.39. The van der Waals surface area contributed by atoms with Crippen molar-refractivity contribution in [3.8, 4) is 0 Å². The van der Waals surface area contributed by atoms with Gasteiger partial charge in [-0.1, -0.05) is 19.1 Å². The number of rotatable bonds is 2. The van der Waals surface area contributed by atoms with Crippen molar-refractivity contribution in [2.24, 2.45) is 0 Å². The molecule has 0 radical (unpaired) electrons. The highest BCUT2D eigenvalue weighted by Crippen LogP contribution is 2.27. The van der Waals surface area contributed by atoms with E-state index in [1.54, 1.807) is 0 Å². The fourth-order valence-corrected chi connectivity index (χ4v) is 1.88. The topological polar surface area (TPSA) is 46.3 Å². The van der Waals surface area contributed by atoms with Gasteiger partial charge in [0, 0.05) is 31.1 Å². The van der Waals surface area contributed by atoms with E-state index in [-0.39, 0.29) is 5.91 Å². The highest BCUT2D eigenvalue weighted by molar-refractivity contribution is 5.77. The van der Waals surface area contributed by atoms with Gasteiger partial charge in [-0.05, 0) is 17.7 Å². The molecule has 3 nitrogen and oxygen atoms in total. The minimum Gasteiger partial charge on any atom is -0.399 e. The van der Waals surface area contributed by atoms with Crippen molar-refractivity contribution in [1.29, 1.82) is 0 Å². The van der Waals surface area contributed by atoms with Gasteiger partial charge in [0.1, 0.15) is 0 Å². The van der Waals surface area contributed by atoms with Crippen LogP contribution in [0.3, 0.4) is 0 Å².